The van der Waals surface area contributed by atoms with E-state index in [9.17, 15) is 13.6 Å². The van der Waals surface area contributed by atoms with Crippen molar-refractivity contribution >= 4 is 5.91 Å². The maximum absolute atomic E-state index is 12.3. The summed E-state index contributed by atoms with van der Waals surface area (Å²) < 4.78 is 30.5. The van der Waals surface area contributed by atoms with Gasteiger partial charge in [-0.1, -0.05) is 18.2 Å². The Morgan fingerprint density at radius 1 is 1.12 bits per heavy atom. The lowest BCUT2D eigenvalue weighted by Gasteiger charge is -2.05. The second-order valence-corrected chi connectivity index (χ2v) is 5.15. The summed E-state index contributed by atoms with van der Waals surface area (Å²) in [5.74, 6) is -0.243. The predicted molar refractivity (Wildman–Crippen MR) is 89.0 cm³/mol. The third kappa shape index (κ3) is 3.65. The summed E-state index contributed by atoms with van der Waals surface area (Å²) in [6.07, 6.45) is 1.63. The summed E-state index contributed by atoms with van der Waals surface area (Å²) in [7, 11) is 1.53. The summed E-state index contributed by atoms with van der Waals surface area (Å²) in [5, 5.41) is 7.05. The molecule has 0 aliphatic rings. The summed E-state index contributed by atoms with van der Waals surface area (Å²) in [6, 6.07) is 15.3. The highest BCUT2D eigenvalue weighted by molar-refractivity contribution is 5.99. The van der Waals surface area contributed by atoms with Crippen LogP contribution in [0.15, 0.2) is 60.8 Å². The van der Waals surface area contributed by atoms with Crippen LogP contribution in [-0.2, 0) is 0 Å². The summed E-state index contributed by atoms with van der Waals surface area (Å²) >= 11 is 0. The van der Waals surface area contributed by atoms with Gasteiger partial charge in [-0.05, 0) is 36.4 Å². The summed E-state index contributed by atoms with van der Waals surface area (Å²) in [4.78, 5) is 12.2. The van der Waals surface area contributed by atoms with E-state index in [0.29, 0.717) is 16.8 Å². The lowest BCUT2D eigenvalue weighted by Crippen LogP contribution is -2.17. The molecule has 2 aromatic carbocycles. The molecule has 7 heteroatoms. The number of halogens is 2. The number of carbonyl (C=O) groups is 1. The molecule has 3 aromatic rings. The largest absolute Gasteiger partial charge is 0.435 e. The van der Waals surface area contributed by atoms with E-state index < -0.39 is 6.61 Å². The SMILES string of the molecule is CNC(=O)c1cn(-c2ccccc2)nc1-c1ccc(OC(F)F)cc1. The minimum absolute atomic E-state index is 0.0442. The van der Waals surface area contributed by atoms with E-state index in [4.69, 9.17) is 0 Å². The Labute approximate surface area is 142 Å². The van der Waals surface area contributed by atoms with E-state index in [1.54, 1.807) is 23.0 Å². The van der Waals surface area contributed by atoms with E-state index in [2.05, 4.69) is 15.2 Å². The van der Waals surface area contributed by atoms with E-state index in [0.717, 1.165) is 5.69 Å². The Hall–Kier alpha value is -3.22. The molecule has 128 valence electrons. The molecule has 1 N–H and O–H groups in total. The third-order valence-corrected chi connectivity index (χ3v) is 3.56. The van der Waals surface area contributed by atoms with Crippen LogP contribution in [0, 0.1) is 0 Å². The molecule has 1 heterocycles. The molecule has 1 aromatic heterocycles. The van der Waals surface area contributed by atoms with Gasteiger partial charge in [-0.15, -0.1) is 0 Å². The average molecular weight is 343 g/mol. The van der Waals surface area contributed by atoms with Crippen LogP contribution in [0.2, 0.25) is 0 Å². The Morgan fingerprint density at radius 3 is 2.40 bits per heavy atom. The lowest BCUT2D eigenvalue weighted by atomic mass is 10.1. The molecule has 0 bridgehead atoms. The van der Waals surface area contributed by atoms with Gasteiger partial charge in [0.05, 0.1) is 11.3 Å². The minimum atomic E-state index is -2.88. The number of hydrogen-bond donors (Lipinski definition) is 1. The molecule has 0 aliphatic heterocycles. The molecule has 0 atom stereocenters. The van der Waals surface area contributed by atoms with Crippen molar-refractivity contribution in [3.05, 3.63) is 66.4 Å². The number of nitrogens with zero attached hydrogens (tertiary/aromatic N) is 2. The Bertz CT molecular complexity index is 862. The molecule has 0 spiro atoms. The fraction of sp³-hybridized carbons (Fsp3) is 0.111. The highest BCUT2D eigenvalue weighted by atomic mass is 19.3. The first-order valence-electron chi connectivity index (χ1n) is 7.51. The van der Waals surface area contributed by atoms with Crippen molar-refractivity contribution < 1.29 is 18.3 Å². The molecule has 1 amide bonds. The van der Waals surface area contributed by atoms with Crippen molar-refractivity contribution in [1.29, 1.82) is 0 Å². The Balaban J connectivity index is 2.02. The highest BCUT2D eigenvalue weighted by Gasteiger charge is 2.18. The van der Waals surface area contributed by atoms with Gasteiger partial charge in [0, 0.05) is 18.8 Å². The second kappa shape index (κ2) is 7.12. The number of carbonyl (C=O) groups excluding carboxylic acids is 1. The molecule has 25 heavy (non-hydrogen) atoms. The van der Waals surface area contributed by atoms with Crippen LogP contribution in [0.25, 0.3) is 16.9 Å². The van der Waals surface area contributed by atoms with Gasteiger partial charge in [-0.3, -0.25) is 4.79 Å². The Kier molecular flexibility index (Phi) is 4.74. The van der Waals surface area contributed by atoms with E-state index >= 15 is 0 Å². The summed E-state index contributed by atoms with van der Waals surface area (Å²) in [6.45, 7) is -2.88. The molecule has 0 saturated heterocycles. The topological polar surface area (TPSA) is 56.2 Å². The zero-order valence-electron chi connectivity index (χ0n) is 13.3. The molecule has 0 unspecified atom stereocenters. The van der Waals surface area contributed by atoms with Crippen molar-refractivity contribution in [3.63, 3.8) is 0 Å². The molecule has 0 fully saturated rings. The van der Waals surface area contributed by atoms with Gasteiger partial charge in [0.1, 0.15) is 11.4 Å². The maximum Gasteiger partial charge on any atom is 0.387 e. The van der Waals surface area contributed by atoms with Crippen LogP contribution in [0.5, 0.6) is 5.75 Å². The van der Waals surface area contributed by atoms with Crippen LogP contribution in [0.4, 0.5) is 8.78 Å². The molecular formula is C18H15F2N3O2. The van der Waals surface area contributed by atoms with E-state index in [1.165, 1.54) is 19.2 Å². The second-order valence-electron chi connectivity index (χ2n) is 5.15. The number of amides is 1. The molecular weight excluding hydrogens is 328 g/mol. The van der Waals surface area contributed by atoms with Gasteiger partial charge < -0.3 is 10.1 Å². The smallest absolute Gasteiger partial charge is 0.387 e. The number of rotatable bonds is 5. The Morgan fingerprint density at radius 2 is 1.80 bits per heavy atom. The number of benzene rings is 2. The average Bonchev–Trinajstić information content (AvgIpc) is 3.07. The van der Waals surface area contributed by atoms with E-state index in [-0.39, 0.29) is 11.7 Å². The van der Waals surface area contributed by atoms with Crippen LogP contribution in [0.3, 0.4) is 0 Å². The predicted octanol–water partition coefficient (Wildman–Crippen LogP) is 3.50. The van der Waals surface area contributed by atoms with E-state index in [1.807, 2.05) is 30.3 Å². The van der Waals surface area contributed by atoms with Crippen molar-refractivity contribution in [3.8, 4) is 22.7 Å². The van der Waals surface area contributed by atoms with Crippen LogP contribution in [-0.4, -0.2) is 29.3 Å². The van der Waals surface area contributed by atoms with Crippen LogP contribution < -0.4 is 10.1 Å². The fourth-order valence-electron chi connectivity index (χ4n) is 2.40. The fourth-order valence-corrected chi connectivity index (χ4v) is 2.40. The minimum Gasteiger partial charge on any atom is -0.435 e. The summed E-state index contributed by atoms with van der Waals surface area (Å²) in [5.41, 5.74) is 2.26. The molecule has 0 aliphatic carbocycles. The molecule has 3 rings (SSSR count). The standard InChI is InChI=1S/C18H15F2N3O2/c1-21-17(24)15-11-23(13-5-3-2-4-6-13)22-16(15)12-7-9-14(10-8-12)25-18(19)20/h2-11,18H,1H3,(H,21,24). The van der Waals surface area contributed by atoms with Crippen LogP contribution >= 0.6 is 0 Å². The third-order valence-electron chi connectivity index (χ3n) is 3.56. The van der Waals surface area contributed by atoms with Gasteiger partial charge in [0.25, 0.3) is 5.91 Å². The molecule has 0 radical (unpaired) electrons. The number of alkyl halides is 2. The zero-order valence-corrected chi connectivity index (χ0v) is 13.3. The zero-order chi connectivity index (χ0) is 17.8. The first-order valence-corrected chi connectivity index (χ1v) is 7.51. The van der Waals surface area contributed by atoms with Gasteiger partial charge in [0.2, 0.25) is 0 Å². The number of ether oxygens (including phenoxy) is 1. The van der Waals surface area contributed by atoms with Gasteiger partial charge in [0.15, 0.2) is 0 Å². The molecule has 5 nitrogen and oxygen atoms in total. The van der Waals surface area contributed by atoms with Crippen molar-refractivity contribution in [1.82, 2.24) is 15.1 Å². The maximum atomic E-state index is 12.3. The van der Waals surface area contributed by atoms with Crippen molar-refractivity contribution in [2.45, 2.75) is 6.61 Å². The van der Waals surface area contributed by atoms with Crippen molar-refractivity contribution in [2.24, 2.45) is 0 Å². The van der Waals surface area contributed by atoms with Crippen molar-refractivity contribution in [2.75, 3.05) is 7.05 Å². The number of nitrogens with one attached hydrogen (secondary N) is 1. The van der Waals surface area contributed by atoms with Gasteiger partial charge >= 0.3 is 6.61 Å². The monoisotopic (exact) mass is 343 g/mol. The van der Waals surface area contributed by atoms with Crippen LogP contribution in [0.1, 0.15) is 10.4 Å². The van der Waals surface area contributed by atoms with Gasteiger partial charge in [-0.2, -0.15) is 13.9 Å². The highest BCUT2D eigenvalue weighted by Crippen LogP contribution is 2.26. The number of para-hydroxylation sites is 1. The lowest BCUT2D eigenvalue weighted by molar-refractivity contribution is -0.0498. The normalized spacial score (nSPS) is 10.7. The number of hydrogen-bond acceptors (Lipinski definition) is 3. The number of aromatic nitrogens is 2. The first-order chi connectivity index (χ1) is 12.1. The first kappa shape index (κ1) is 16.6. The van der Waals surface area contributed by atoms with Gasteiger partial charge in [-0.25, -0.2) is 4.68 Å². The molecule has 0 saturated carbocycles. The quantitative estimate of drug-likeness (QED) is 0.771.